The van der Waals surface area contributed by atoms with Gasteiger partial charge in [0.25, 0.3) is 0 Å². The highest BCUT2D eigenvalue weighted by Crippen LogP contribution is 2.33. The fraction of sp³-hybridized carbons (Fsp3) is 0.250. The van der Waals surface area contributed by atoms with Crippen molar-refractivity contribution >= 4 is 27.3 Å². The van der Waals surface area contributed by atoms with Gasteiger partial charge in [0.05, 0.1) is 7.11 Å². The van der Waals surface area contributed by atoms with E-state index in [4.69, 9.17) is 10.5 Å². The molecule has 0 saturated carbocycles. The van der Waals surface area contributed by atoms with Gasteiger partial charge in [-0.3, -0.25) is 0 Å². The second-order valence-corrected chi connectivity index (χ2v) is 5.67. The van der Waals surface area contributed by atoms with Gasteiger partial charge in [-0.05, 0) is 42.8 Å². The molecule has 0 bridgehead atoms. The molecular formula is C16H19BrN2O. The van der Waals surface area contributed by atoms with Crippen molar-refractivity contribution in [1.29, 1.82) is 0 Å². The lowest BCUT2D eigenvalue weighted by molar-refractivity contribution is 0.415. The third-order valence-corrected chi connectivity index (χ3v) is 3.78. The number of nitrogens with zero attached hydrogens (tertiary/aromatic N) is 1. The second-order valence-electron chi connectivity index (χ2n) is 4.75. The maximum atomic E-state index is 6.08. The molecule has 4 heteroatoms. The van der Waals surface area contributed by atoms with Gasteiger partial charge < -0.3 is 15.4 Å². The van der Waals surface area contributed by atoms with Crippen LogP contribution < -0.4 is 15.4 Å². The lowest BCUT2D eigenvalue weighted by atomic mass is 10.1. The fourth-order valence-electron chi connectivity index (χ4n) is 2.15. The molecule has 0 spiro atoms. The van der Waals surface area contributed by atoms with E-state index >= 15 is 0 Å². The summed E-state index contributed by atoms with van der Waals surface area (Å²) in [5.41, 5.74) is 9.34. The number of benzene rings is 2. The quantitative estimate of drug-likeness (QED) is 0.908. The topological polar surface area (TPSA) is 38.5 Å². The number of hydrogen-bond acceptors (Lipinski definition) is 3. The van der Waals surface area contributed by atoms with E-state index in [9.17, 15) is 0 Å². The van der Waals surface area contributed by atoms with Gasteiger partial charge in [0.15, 0.2) is 0 Å². The van der Waals surface area contributed by atoms with Gasteiger partial charge in [-0.1, -0.05) is 22.0 Å². The fourth-order valence-corrected chi connectivity index (χ4v) is 2.53. The Balaban J connectivity index is 2.44. The summed E-state index contributed by atoms with van der Waals surface area (Å²) in [6.45, 7) is 1.99. The highest BCUT2D eigenvalue weighted by atomic mass is 79.9. The van der Waals surface area contributed by atoms with Gasteiger partial charge in [0.1, 0.15) is 5.75 Å². The maximum absolute atomic E-state index is 6.08. The Labute approximate surface area is 128 Å². The van der Waals surface area contributed by atoms with Crippen LogP contribution in [0, 0.1) is 0 Å². The molecule has 0 heterocycles. The molecule has 0 amide bonds. The average molecular weight is 335 g/mol. The number of nitrogens with two attached hydrogens (primary N) is 1. The van der Waals surface area contributed by atoms with Crippen LogP contribution in [-0.4, -0.2) is 14.2 Å². The molecule has 0 aromatic heterocycles. The summed E-state index contributed by atoms with van der Waals surface area (Å²) in [5, 5.41) is 0. The zero-order valence-corrected chi connectivity index (χ0v) is 13.5. The molecule has 0 aliphatic heterocycles. The summed E-state index contributed by atoms with van der Waals surface area (Å²) in [7, 11) is 3.70. The Bertz CT molecular complexity index is 599. The highest BCUT2D eigenvalue weighted by molar-refractivity contribution is 9.10. The van der Waals surface area contributed by atoms with Crippen LogP contribution in [-0.2, 0) is 0 Å². The van der Waals surface area contributed by atoms with Crippen LogP contribution in [0.2, 0.25) is 0 Å². The van der Waals surface area contributed by atoms with E-state index in [0.717, 1.165) is 27.2 Å². The molecular weight excluding hydrogens is 316 g/mol. The summed E-state index contributed by atoms with van der Waals surface area (Å²) in [6, 6.07) is 14.1. The first-order valence-electron chi connectivity index (χ1n) is 6.45. The molecule has 106 valence electrons. The third-order valence-electron chi connectivity index (χ3n) is 3.28. The SMILES string of the molecule is COc1cccc(N(C)c2ccc(Br)cc2C(C)N)c1. The van der Waals surface area contributed by atoms with Crippen molar-refractivity contribution in [3.63, 3.8) is 0 Å². The molecule has 0 aliphatic carbocycles. The van der Waals surface area contributed by atoms with Crippen molar-refractivity contribution in [1.82, 2.24) is 0 Å². The van der Waals surface area contributed by atoms with Crippen LogP contribution in [0.1, 0.15) is 18.5 Å². The van der Waals surface area contributed by atoms with Crippen LogP contribution in [0.3, 0.4) is 0 Å². The first kappa shape index (κ1) is 14.9. The van der Waals surface area contributed by atoms with Crippen molar-refractivity contribution in [2.45, 2.75) is 13.0 Å². The molecule has 0 saturated heterocycles. The Morgan fingerprint density at radius 3 is 2.60 bits per heavy atom. The smallest absolute Gasteiger partial charge is 0.120 e. The normalized spacial score (nSPS) is 12.1. The maximum Gasteiger partial charge on any atom is 0.120 e. The minimum Gasteiger partial charge on any atom is -0.497 e. The first-order chi connectivity index (χ1) is 9.52. The Morgan fingerprint density at radius 1 is 1.20 bits per heavy atom. The summed E-state index contributed by atoms with van der Waals surface area (Å²) in [4.78, 5) is 2.12. The zero-order chi connectivity index (χ0) is 14.7. The molecule has 0 aliphatic rings. The number of rotatable bonds is 4. The van der Waals surface area contributed by atoms with Crippen molar-refractivity contribution in [2.24, 2.45) is 5.73 Å². The molecule has 2 N–H and O–H groups in total. The Morgan fingerprint density at radius 2 is 1.95 bits per heavy atom. The van der Waals surface area contributed by atoms with Crippen molar-refractivity contribution in [2.75, 3.05) is 19.1 Å². The largest absolute Gasteiger partial charge is 0.497 e. The molecule has 1 unspecified atom stereocenters. The zero-order valence-electron chi connectivity index (χ0n) is 11.9. The van der Waals surface area contributed by atoms with Gasteiger partial charge >= 0.3 is 0 Å². The number of hydrogen-bond donors (Lipinski definition) is 1. The predicted molar refractivity (Wildman–Crippen MR) is 87.8 cm³/mol. The molecule has 2 rings (SSSR count). The van der Waals surface area contributed by atoms with E-state index in [0.29, 0.717) is 0 Å². The standard InChI is InChI=1S/C16H19BrN2O/c1-11(18)15-9-12(17)7-8-16(15)19(2)13-5-4-6-14(10-13)20-3/h4-11H,18H2,1-3H3. The number of halogens is 1. The molecule has 0 fully saturated rings. The predicted octanol–water partition coefficient (Wildman–Crippen LogP) is 4.25. The number of methoxy groups -OCH3 is 1. The van der Waals surface area contributed by atoms with Crippen LogP contribution in [0.4, 0.5) is 11.4 Å². The van der Waals surface area contributed by atoms with Crippen LogP contribution in [0.25, 0.3) is 0 Å². The summed E-state index contributed by atoms with van der Waals surface area (Å²) < 4.78 is 6.31. The minimum absolute atomic E-state index is 0.0319. The van der Waals surface area contributed by atoms with Gasteiger partial charge in [0, 0.05) is 35.0 Å². The van der Waals surface area contributed by atoms with E-state index < -0.39 is 0 Å². The van der Waals surface area contributed by atoms with Gasteiger partial charge in [-0.25, -0.2) is 0 Å². The minimum atomic E-state index is -0.0319. The van der Waals surface area contributed by atoms with E-state index in [1.165, 1.54) is 0 Å². The lowest BCUT2D eigenvalue weighted by Gasteiger charge is -2.24. The van der Waals surface area contributed by atoms with Crippen molar-refractivity contribution in [3.8, 4) is 5.75 Å². The lowest BCUT2D eigenvalue weighted by Crippen LogP contribution is -2.15. The molecule has 1 atom stereocenters. The van der Waals surface area contributed by atoms with E-state index in [1.807, 2.05) is 38.2 Å². The van der Waals surface area contributed by atoms with Crippen LogP contribution >= 0.6 is 15.9 Å². The van der Waals surface area contributed by atoms with Gasteiger partial charge in [-0.2, -0.15) is 0 Å². The third kappa shape index (κ3) is 3.14. The summed E-state index contributed by atoms with van der Waals surface area (Å²) >= 11 is 3.50. The average Bonchev–Trinajstić information content (AvgIpc) is 2.46. The van der Waals surface area contributed by atoms with Gasteiger partial charge in [-0.15, -0.1) is 0 Å². The molecule has 2 aromatic rings. The van der Waals surface area contributed by atoms with Crippen molar-refractivity contribution < 1.29 is 4.74 Å². The van der Waals surface area contributed by atoms with Crippen LogP contribution in [0.15, 0.2) is 46.9 Å². The molecule has 0 radical (unpaired) electrons. The summed E-state index contributed by atoms with van der Waals surface area (Å²) in [6.07, 6.45) is 0. The Kier molecular flexibility index (Phi) is 4.68. The van der Waals surface area contributed by atoms with E-state index in [-0.39, 0.29) is 6.04 Å². The second kappa shape index (κ2) is 6.29. The van der Waals surface area contributed by atoms with Crippen molar-refractivity contribution in [3.05, 3.63) is 52.5 Å². The summed E-state index contributed by atoms with van der Waals surface area (Å²) in [5.74, 6) is 0.841. The highest BCUT2D eigenvalue weighted by Gasteiger charge is 2.13. The van der Waals surface area contributed by atoms with E-state index in [1.54, 1.807) is 7.11 Å². The van der Waals surface area contributed by atoms with Gasteiger partial charge in [0.2, 0.25) is 0 Å². The first-order valence-corrected chi connectivity index (χ1v) is 7.25. The number of anilines is 2. The number of ether oxygens (including phenoxy) is 1. The molecule has 3 nitrogen and oxygen atoms in total. The monoisotopic (exact) mass is 334 g/mol. The van der Waals surface area contributed by atoms with E-state index in [2.05, 4.69) is 39.0 Å². The molecule has 2 aromatic carbocycles. The molecule has 20 heavy (non-hydrogen) atoms. The Hall–Kier alpha value is -1.52. The van der Waals surface area contributed by atoms with Crippen LogP contribution in [0.5, 0.6) is 5.75 Å².